The predicted molar refractivity (Wildman–Crippen MR) is 69.6 cm³/mol. The third-order valence-electron chi connectivity index (χ3n) is 2.64. The number of phenolic OH excluding ortho intramolecular Hbond substituents is 1. The molecule has 0 spiro atoms. The summed E-state index contributed by atoms with van der Waals surface area (Å²) < 4.78 is 4.92. The van der Waals surface area contributed by atoms with Crippen molar-refractivity contribution in [3.05, 3.63) is 23.8 Å². The molecule has 5 N–H and O–H groups in total. The lowest BCUT2D eigenvalue weighted by Crippen LogP contribution is -2.44. The molecular weight excluding hydrogens is 250 g/mol. The van der Waals surface area contributed by atoms with E-state index in [4.69, 9.17) is 15.7 Å². The molecule has 19 heavy (non-hydrogen) atoms. The Morgan fingerprint density at radius 1 is 1.58 bits per heavy atom. The van der Waals surface area contributed by atoms with Crippen LogP contribution in [0.4, 0.5) is 0 Å². The van der Waals surface area contributed by atoms with Gasteiger partial charge in [-0.05, 0) is 18.6 Å². The van der Waals surface area contributed by atoms with Gasteiger partial charge in [0.15, 0.2) is 5.84 Å². The largest absolute Gasteiger partial charge is 0.507 e. The number of rotatable bonds is 5. The smallest absolute Gasteiger partial charge is 0.255 e. The molecule has 1 unspecified atom stereocenters. The summed E-state index contributed by atoms with van der Waals surface area (Å²) in [5.41, 5.74) is 5.53. The number of oxime groups is 1. The number of methoxy groups -OCH3 is 1. The molecule has 1 rings (SSSR count). The molecule has 0 aliphatic rings. The van der Waals surface area contributed by atoms with E-state index in [1.807, 2.05) is 0 Å². The normalized spacial score (nSPS) is 12.8. The number of amidine groups is 1. The first kappa shape index (κ1) is 14.6. The van der Waals surface area contributed by atoms with E-state index < -0.39 is 11.9 Å². The van der Waals surface area contributed by atoms with E-state index in [1.54, 1.807) is 13.0 Å². The highest BCUT2D eigenvalue weighted by atomic mass is 16.5. The molecule has 7 nitrogen and oxygen atoms in total. The molecule has 1 aromatic rings. The van der Waals surface area contributed by atoms with Gasteiger partial charge in [-0.2, -0.15) is 0 Å². The first-order valence-electron chi connectivity index (χ1n) is 5.68. The number of phenols is 1. The highest BCUT2D eigenvalue weighted by Crippen LogP contribution is 2.23. The van der Waals surface area contributed by atoms with Crippen molar-refractivity contribution in [2.75, 3.05) is 7.11 Å². The lowest BCUT2D eigenvalue weighted by molar-refractivity contribution is 0.0943. The number of carbonyl (C=O) groups is 1. The van der Waals surface area contributed by atoms with Gasteiger partial charge in [-0.3, -0.25) is 4.79 Å². The average Bonchev–Trinajstić information content (AvgIpc) is 2.43. The number of ether oxygens (including phenoxy) is 1. The first-order chi connectivity index (χ1) is 9.03. The van der Waals surface area contributed by atoms with Crippen LogP contribution in [0, 0.1) is 0 Å². The molecule has 0 aliphatic heterocycles. The van der Waals surface area contributed by atoms with Crippen LogP contribution in [0.15, 0.2) is 23.4 Å². The topological polar surface area (TPSA) is 117 Å². The zero-order valence-electron chi connectivity index (χ0n) is 10.8. The number of aromatic hydroxyl groups is 1. The van der Waals surface area contributed by atoms with E-state index in [1.165, 1.54) is 19.2 Å². The van der Waals surface area contributed by atoms with Gasteiger partial charge in [-0.25, -0.2) is 0 Å². The molecule has 0 radical (unpaired) electrons. The van der Waals surface area contributed by atoms with E-state index >= 15 is 0 Å². The summed E-state index contributed by atoms with van der Waals surface area (Å²) in [4.78, 5) is 12.0. The second-order valence-corrected chi connectivity index (χ2v) is 3.84. The van der Waals surface area contributed by atoms with Crippen molar-refractivity contribution in [1.82, 2.24) is 5.32 Å². The van der Waals surface area contributed by atoms with Crippen LogP contribution in [0.2, 0.25) is 0 Å². The lowest BCUT2D eigenvalue weighted by atomic mass is 10.1. The molecule has 0 aliphatic carbocycles. The first-order valence-corrected chi connectivity index (χ1v) is 5.68. The summed E-state index contributed by atoms with van der Waals surface area (Å²) in [6.45, 7) is 1.77. The van der Waals surface area contributed by atoms with Crippen molar-refractivity contribution in [1.29, 1.82) is 0 Å². The van der Waals surface area contributed by atoms with Gasteiger partial charge in [-0.15, -0.1) is 0 Å². The maximum atomic E-state index is 12.0. The number of nitrogens with two attached hydrogens (primary N) is 1. The summed E-state index contributed by atoms with van der Waals surface area (Å²) in [5, 5.41) is 23.7. The number of benzene rings is 1. The van der Waals surface area contributed by atoms with Crippen LogP contribution in [0.1, 0.15) is 23.7 Å². The van der Waals surface area contributed by atoms with Crippen LogP contribution in [0.25, 0.3) is 0 Å². The maximum Gasteiger partial charge on any atom is 0.255 e. The fourth-order valence-electron chi connectivity index (χ4n) is 1.52. The minimum absolute atomic E-state index is 0.0880. The summed E-state index contributed by atoms with van der Waals surface area (Å²) in [6, 6.07) is 3.72. The second-order valence-electron chi connectivity index (χ2n) is 3.84. The molecule has 0 saturated heterocycles. The fraction of sp³-hybridized carbons (Fsp3) is 0.333. The van der Waals surface area contributed by atoms with Gasteiger partial charge in [0.2, 0.25) is 0 Å². The molecule has 0 bridgehead atoms. The number of hydrogen-bond donors (Lipinski definition) is 4. The zero-order chi connectivity index (χ0) is 14.4. The van der Waals surface area contributed by atoms with Crippen LogP contribution >= 0.6 is 0 Å². The minimum atomic E-state index is -0.598. The molecule has 1 atom stereocenters. The van der Waals surface area contributed by atoms with Gasteiger partial charge in [0, 0.05) is 6.07 Å². The Balaban J connectivity index is 2.89. The Morgan fingerprint density at radius 2 is 2.26 bits per heavy atom. The third-order valence-corrected chi connectivity index (χ3v) is 2.64. The molecule has 1 aromatic carbocycles. The quantitative estimate of drug-likeness (QED) is 0.270. The minimum Gasteiger partial charge on any atom is -0.507 e. The zero-order valence-corrected chi connectivity index (χ0v) is 10.8. The molecule has 0 heterocycles. The molecule has 0 saturated carbocycles. The van der Waals surface area contributed by atoms with E-state index in [2.05, 4.69) is 10.5 Å². The van der Waals surface area contributed by atoms with Crippen LogP contribution in [0.3, 0.4) is 0 Å². The molecule has 0 fully saturated rings. The maximum absolute atomic E-state index is 12.0. The van der Waals surface area contributed by atoms with Crippen molar-refractivity contribution in [2.45, 2.75) is 19.4 Å². The summed E-state index contributed by atoms with van der Waals surface area (Å²) in [7, 11) is 1.46. The Morgan fingerprint density at radius 3 is 2.74 bits per heavy atom. The summed E-state index contributed by atoms with van der Waals surface area (Å²) in [5.74, 6) is -0.369. The van der Waals surface area contributed by atoms with Crippen molar-refractivity contribution in [3.8, 4) is 11.5 Å². The second kappa shape index (κ2) is 6.48. The monoisotopic (exact) mass is 267 g/mol. The van der Waals surface area contributed by atoms with Crippen LogP contribution in [-0.2, 0) is 0 Å². The Labute approximate surface area is 110 Å². The molecule has 104 valence electrons. The fourth-order valence-corrected chi connectivity index (χ4v) is 1.52. The number of carbonyl (C=O) groups excluding carboxylic acids is 1. The van der Waals surface area contributed by atoms with Gasteiger partial charge < -0.3 is 26.1 Å². The molecule has 0 aromatic heterocycles. The van der Waals surface area contributed by atoms with Gasteiger partial charge in [0.1, 0.15) is 11.5 Å². The van der Waals surface area contributed by atoms with E-state index in [-0.39, 0.29) is 17.1 Å². The molecular formula is C12H17N3O4. The van der Waals surface area contributed by atoms with Gasteiger partial charge in [0.05, 0.1) is 18.7 Å². The Bertz CT molecular complexity index is 488. The van der Waals surface area contributed by atoms with Crippen LogP contribution in [0.5, 0.6) is 11.5 Å². The molecule has 7 heteroatoms. The van der Waals surface area contributed by atoms with E-state index in [0.717, 1.165) is 0 Å². The summed E-state index contributed by atoms with van der Waals surface area (Å²) in [6.07, 6.45) is 0.457. The predicted octanol–water partition coefficient (Wildman–Crippen LogP) is 0.656. The number of nitrogens with one attached hydrogen (secondary N) is 1. The van der Waals surface area contributed by atoms with Crippen LogP contribution in [-0.4, -0.2) is 35.2 Å². The average molecular weight is 267 g/mol. The standard InChI is InChI=1S/C12H17N3O4/c1-3-9(11(13)15-18)14-12(17)8-5-4-7(19-2)6-10(8)16/h4-6,9,16,18H,3H2,1-2H3,(H2,13,15)(H,14,17). The van der Waals surface area contributed by atoms with E-state index in [0.29, 0.717) is 12.2 Å². The van der Waals surface area contributed by atoms with Crippen molar-refractivity contribution in [3.63, 3.8) is 0 Å². The Hall–Kier alpha value is -2.44. The number of nitrogens with zero attached hydrogens (tertiary/aromatic N) is 1. The SMILES string of the molecule is CCC(NC(=O)c1ccc(OC)cc1O)/C(N)=N/O. The third kappa shape index (κ3) is 3.51. The number of amides is 1. The summed E-state index contributed by atoms with van der Waals surface area (Å²) >= 11 is 0. The number of hydrogen-bond acceptors (Lipinski definition) is 5. The van der Waals surface area contributed by atoms with Gasteiger partial charge in [0.25, 0.3) is 5.91 Å². The van der Waals surface area contributed by atoms with Crippen molar-refractivity contribution >= 4 is 11.7 Å². The van der Waals surface area contributed by atoms with E-state index in [9.17, 15) is 9.90 Å². The van der Waals surface area contributed by atoms with Gasteiger partial charge >= 0.3 is 0 Å². The van der Waals surface area contributed by atoms with Crippen molar-refractivity contribution in [2.24, 2.45) is 10.9 Å². The van der Waals surface area contributed by atoms with Gasteiger partial charge in [-0.1, -0.05) is 12.1 Å². The van der Waals surface area contributed by atoms with Crippen LogP contribution < -0.4 is 15.8 Å². The van der Waals surface area contributed by atoms with Crippen molar-refractivity contribution < 1.29 is 19.8 Å². The highest BCUT2D eigenvalue weighted by Gasteiger charge is 2.18. The highest BCUT2D eigenvalue weighted by molar-refractivity contribution is 6.00. The lowest BCUT2D eigenvalue weighted by Gasteiger charge is -2.15. The Kier molecular flexibility index (Phi) is 4.99. The molecule has 1 amide bonds.